The molecule has 1 heterocycles. The highest BCUT2D eigenvalue weighted by Gasteiger charge is 2.40. The molecular weight excluding hydrogens is 298 g/mol. The molecule has 0 spiro atoms. The van der Waals surface area contributed by atoms with Crippen LogP contribution in [0.25, 0.3) is 0 Å². The van der Waals surface area contributed by atoms with Crippen LogP contribution in [0.5, 0.6) is 5.75 Å². The van der Waals surface area contributed by atoms with E-state index in [1.165, 1.54) is 0 Å². The second-order valence-corrected chi connectivity index (χ2v) is 5.64. The fourth-order valence-corrected chi connectivity index (χ4v) is 3.09. The normalized spacial score (nSPS) is 21.3. The maximum absolute atomic E-state index is 12.4. The standard InChI is InChI=1S/C17H23NO5/c1-22-10-4-9-18-15(19)8-7-14(17(20)21)16(18)12-5-3-6-13(11-12)23-2/h3,5-6,11,14,16H,4,7-10H2,1-2H3,(H,20,21)/t14-,16-/m0/s1. The van der Waals surface area contributed by atoms with Crippen LogP contribution in [0.4, 0.5) is 0 Å². The van der Waals surface area contributed by atoms with Crippen molar-refractivity contribution in [3.8, 4) is 5.75 Å². The fraction of sp³-hybridized carbons (Fsp3) is 0.529. The van der Waals surface area contributed by atoms with Gasteiger partial charge in [-0.1, -0.05) is 12.1 Å². The minimum Gasteiger partial charge on any atom is -0.497 e. The Bertz CT molecular complexity index is 560. The van der Waals surface area contributed by atoms with Gasteiger partial charge in [0.1, 0.15) is 5.75 Å². The largest absolute Gasteiger partial charge is 0.497 e. The Morgan fingerprint density at radius 2 is 2.17 bits per heavy atom. The van der Waals surface area contributed by atoms with Gasteiger partial charge in [-0.25, -0.2) is 0 Å². The second-order valence-electron chi connectivity index (χ2n) is 5.64. The number of carbonyl (C=O) groups excluding carboxylic acids is 1. The zero-order chi connectivity index (χ0) is 16.8. The third-order valence-electron chi connectivity index (χ3n) is 4.21. The van der Waals surface area contributed by atoms with Crippen molar-refractivity contribution in [3.63, 3.8) is 0 Å². The maximum Gasteiger partial charge on any atom is 0.308 e. The van der Waals surface area contributed by atoms with E-state index in [-0.39, 0.29) is 12.3 Å². The van der Waals surface area contributed by atoms with Crippen molar-refractivity contribution in [3.05, 3.63) is 29.8 Å². The number of carboxylic acid groups (broad SMARTS) is 1. The molecule has 0 aliphatic carbocycles. The van der Waals surface area contributed by atoms with Crippen LogP contribution in [0.3, 0.4) is 0 Å². The first-order valence-corrected chi connectivity index (χ1v) is 7.73. The van der Waals surface area contributed by atoms with Crippen molar-refractivity contribution in [2.24, 2.45) is 5.92 Å². The topological polar surface area (TPSA) is 76.1 Å². The summed E-state index contributed by atoms with van der Waals surface area (Å²) >= 11 is 0. The number of rotatable bonds is 7. The molecule has 0 saturated carbocycles. The quantitative estimate of drug-likeness (QED) is 0.778. The second kappa shape index (κ2) is 7.97. The van der Waals surface area contributed by atoms with Gasteiger partial charge in [0.25, 0.3) is 0 Å². The molecule has 1 aromatic carbocycles. The van der Waals surface area contributed by atoms with Gasteiger partial charge in [-0.05, 0) is 30.5 Å². The lowest BCUT2D eigenvalue weighted by Crippen LogP contribution is -2.45. The number of aliphatic carboxylic acids is 1. The molecule has 0 unspecified atom stereocenters. The third kappa shape index (κ3) is 4.01. The molecule has 0 bridgehead atoms. The summed E-state index contributed by atoms with van der Waals surface area (Å²) in [5, 5.41) is 9.58. The third-order valence-corrected chi connectivity index (χ3v) is 4.21. The Hall–Kier alpha value is -2.08. The summed E-state index contributed by atoms with van der Waals surface area (Å²) in [6, 6.07) is 6.81. The van der Waals surface area contributed by atoms with E-state index in [9.17, 15) is 14.7 Å². The van der Waals surface area contributed by atoms with Gasteiger partial charge >= 0.3 is 5.97 Å². The lowest BCUT2D eigenvalue weighted by Gasteiger charge is -2.40. The fourth-order valence-electron chi connectivity index (χ4n) is 3.09. The van der Waals surface area contributed by atoms with Crippen LogP contribution < -0.4 is 4.74 Å². The average Bonchev–Trinajstić information content (AvgIpc) is 2.56. The Kier molecular flexibility index (Phi) is 5.98. The Balaban J connectivity index is 2.34. The molecule has 23 heavy (non-hydrogen) atoms. The van der Waals surface area contributed by atoms with E-state index >= 15 is 0 Å². The number of hydrogen-bond acceptors (Lipinski definition) is 4. The number of likely N-dealkylation sites (tertiary alicyclic amines) is 1. The Labute approximate surface area is 136 Å². The first kappa shape index (κ1) is 17.3. The molecule has 2 atom stereocenters. The Morgan fingerprint density at radius 3 is 2.83 bits per heavy atom. The smallest absolute Gasteiger partial charge is 0.308 e. The molecule has 0 aromatic heterocycles. The van der Waals surface area contributed by atoms with E-state index in [0.717, 1.165) is 5.56 Å². The molecule has 6 heteroatoms. The van der Waals surface area contributed by atoms with Gasteiger partial charge in [0.2, 0.25) is 5.91 Å². The summed E-state index contributed by atoms with van der Waals surface area (Å²) in [5.41, 5.74) is 0.794. The number of carboxylic acids is 1. The predicted molar refractivity (Wildman–Crippen MR) is 84.3 cm³/mol. The van der Waals surface area contributed by atoms with E-state index in [1.807, 2.05) is 18.2 Å². The molecule has 1 aromatic rings. The molecule has 1 aliphatic heterocycles. The SMILES string of the molecule is COCCCN1C(=O)CC[C@H](C(=O)O)[C@@H]1c1cccc(OC)c1. The van der Waals surface area contributed by atoms with E-state index in [0.29, 0.717) is 31.7 Å². The highest BCUT2D eigenvalue weighted by molar-refractivity contribution is 5.81. The van der Waals surface area contributed by atoms with Crippen molar-refractivity contribution >= 4 is 11.9 Å². The van der Waals surface area contributed by atoms with E-state index < -0.39 is 17.9 Å². The molecule has 1 amide bonds. The van der Waals surface area contributed by atoms with Crippen molar-refractivity contribution in [2.45, 2.75) is 25.3 Å². The number of carbonyl (C=O) groups is 2. The van der Waals surface area contributed by atoms with Crippen molar-refractivity contribution in [1.29, 1.82) is 0 Å². The summed E-state index contributed by atoms with van der Waals surface area (Å²) in [7, 11) is 3.17. The van der Waals surface area contributed by atoms with Gasteiger partial charge in [-0.3, -0.25) is 9.59 Å². The molecule has 0 radical (unpaired) electrons. The summed E-state index contributed by atoms with van der Waals surface area (Å²) < 4.78 is 10.3. The van der Waals surface area contributed by atoms with E-state index in [4.69, 9.17) is 9.47 Å². The summed E-state index contributed by atoms with van der Waals surface area (Å²) in [6.45, 7) is 1.02. The monoisotopic (exact) mass is 321 g/mol. The summed E-state index contributed by atoms with van der Waals surface area (Å²) in [5.74, 6) is -0.836. The van der Waals surface area contributed by atoms with Crippen molar-refractivity contribution in [1.82, 2.24) is 4.90 Å². The zero-order valence-electron chi connectivity index (χ0n) is 13.5. The molecule has 1 N–H and O–H groups in total. The lowest BCUT2D eigenvalue weighted by atomic mass is 9.84. The number of nitrogens with zero attached hydrogens (tertiary/aromatic N) is 1. The minimum absolute atomic E-state index is 0.00794. The number of hydrogen-bond donors (Lipinski definition) is 1. The molecule has 1 saturated heterocycles. The number of ether oxygens (including phenoxy) is 2. The zero-order valence-corrected chi connectivity index (χ0v) is 13.5. The van der Waals surface area contributed by atoms with Crippen LogP contribution in [0.1, 0.15) is 30.9 Å². The lowest BCUT2D eigenvalue weighted by molar-refractivity contribution is -0.152. The molecule has 126 valence electrons. The van der Waals surface area contributed by atoms with Gasteiger partial charge in [0.15, 0.2) is 0 Å². The predicted octanol–water partition coefficient (Wildman–Crippen LogP) is 2.10. The van der Waals surface area contributed by atoms with Gasteiger partial charge in [-0.2, -0.15) is 0 Å². The highest BCUT2D eigenvalue weighted by Crippen LogP contribution is 2.38. The van der Waals surface area contributed by atoms with Crippen LogP contribution in [0, 0.1) is 5.92 Å². The molecule has 2 rings (SSSR count). The molecular formula is C17H23NO5. The maximum atomic E-state index is 12.4. The number of piperidine rings is 1. The van der Waals surface area contributed by atoms with Gasteiger partial charge in [-0.15, -0.1) is 0 Å². The minimum atomic E-state index is -0.873. The van der Waals surface area contributed by atoms with Crippen LogP contribution >= 0.6 is 0 Å². The Morgan fingerprint density at radius 1 is 1.39 bits per heavy atom. The van der Waals surface area contributed by atoms with Gasteiger partial charge < -0.3 is 19.5 Å². The van der Waals surface area contributed by atoms with Crippen LogP contribution in [0.2, 0.25) is 0 Å². The van der Waals surface area contributed by atoms with Crippen LogP contribution in [-0.4, -0.2) is 49.3 Å². The van der Waals surface area contributed by atoms with Crippen LogP contribution in [-0.2, 0) is 14.3 Å². The summed E-state index contributed by atoms with van der Waals surface area (Å²) in [4.78, 5) is 25.7. The number of amides is 1. The molecule has 1 fully saturated rings. The molecule has 6 nitrogen and oxygen atoms in total. The van der Waals surface area contributed by atoms with E-state index in [1.54, 1.807) is 25.2 Å². The van der Waals surface area contributed by atoms with Crippen molar-refractivity contribution < 1.29 is 24.2 Å². The average molecular weight is 321 g/mol. The van der Waals surface area contributed by atoms with Gasteiger partial charge in [0, 0.05) is 26.7 Å². The number of benzene rings is 1. The summed E-state index contributed by atoms with van der Waals surface area (Å²) in [6.07, 6.45) is 1.30. The highest BCUT2D eigenvalue weighted by atomic mass is 16.5. The number of methoxy groups -OCH3 is 2. The van der Waals surface area contributed by atoms with Crippen molar-refractivity contribution in [2.75, 3.05) is 27.4 Å². The van der Waals surface area contributed by atoms with E-state index in [2.05, 4.69) is 0 Å². The van der Waals surface area contributed by atoms with Gasteiger partial charge in [0.05, 0.1) is 19.1 Å². The first-order valence-electron chi connectivity index (χ1n) is 7.73. The molecule has 1 aliphatic rings. The first-order chi connectivity index (χ1) is 11.1. The van der Waals surface area contributed by atoms with Crippen LogP contribution in [0.15, 0.2) is 24.3 Å².